The van der Waals surface area contributed by atoms with E-state index in [1.807, 2.05) is 24.3 Å². The number of nitrogens with one attached hydrogen (secondary N) is 2. The lowest BCUT2D eigenvalue weighted by molar-refractivity contribution is -0.115. The van der Waals surface area contributed by atoms with E-state index in [1.54, 1.807) is 31.5 Å². The van der Waals surface area contributed by atoms with Crippen LogP contribution in [0.4, 0.5) is 5.69 Å². The predicted molar refractivity (Wildman–Crippen MR) is 136 cm³/mol. The SMILES string of the molecule is COc1ccc2nccc([C@@H](O)CN3CCC(NCC(=O)Nc4ccc(Cl)c(Cl)c4)CC3)c2c1. The van der Waals surface area contributed by atoms with Crippen LogP contribution >= 0.6 is 23.2 Å². The number of aliphatic hydroxyl groups is 1. The molecule has 1 fully saturated rings. The van der Waals surface area contributed by atoms with Crippen molar-refractivity contribution in [2.75, 3.05) is 38.6 Å². The number of aromatic nitrogens is 1. The number of carbonyl (C=O) groups excluding carboxylic acids is 1. The van der Waals surface area contributed by atoms with Crippen molar-refractivity contribution in [1.29, 1.82) is 0 Å². The lowest BCUT2D eigenvalue weighted by Crippen LogP contribution is -2.45. The Morgan fingerprint density at radius 2 is 1.97 bits per heavy atom. The lowest BCUT2D eigenvalue weighted by Gasteiger charge is -2.33. The number of likely N-dealkylation sites (tertiary alicyclic amines) is 1. The Labute approximate surface area is 209 Å². The number of methoxy groups -OCH3 is 1. The second-order valence-corrected chi connectivity index (χ2v) is 9.25. The summed E-state index contributed by atoms with van der Waals surface area (Å²) in [6.45, 7) is 2.45. The van der Waals surface area contributed by atoms with Crippen molar-refractivity contribution in [3.8, 4) is 5.75 Å². The highest BCUT2D eigenvalue weighted by Gasteiger charge is 2.23. The first-order valence-electron chi connectivity index (χ1n) is 11.2. The molecular formula is C25H28Cl2N4O3. The predicted octanol–water partition coefficient (Wildman–Crippen LogP) is 4.28. The summed E-state index contributed by atoms with van der Waals surface area (Å²) in [5, 5.41) is 18.9. The van der Waals surface area contributed by atoms with Gasteiger partial charge in [-0.1, -0.05) is 23.2 Å². The van der Waals surface area contributed by atoms with Crippen LogP contribution in [-0.4, -0.2) is 60.2 Å². The van der Waals surface area contributed by atoms with E-state index in [0.29, 0.717) is 22.3 Å². The van der Waals surface area contributed by atoms with Gasteiger partial charge in [-0.3, -0.25) is 9.78 Å². The number of hydrogen-bond donors (Lipinski definition) is 3. The summed E-state index contributed by atoms with van der Waals surface area (Å²) in [6.07, 6.45) is 2.90. The first kappa shape index (κ1) is 24.7. The summed E-state index contributed by atoms with van der Waals surface area (Å²) in [6, 6.07) is 12.8. The molecule has 1 aromatic heterocycles. The molecule has 0 spiro atoms. The molecule has 0 saturated carbocycles. The van der Waals surface area contributed by atoms with Crippen molar-refractivity contribution in [3.63, 3.8) is 0 Å². The molecule has 1 amide bonds. The van der Waals surface area contributed by atoms with Crippen LogP contribution in [-0.2, 0) is 4.79 Å². The average Bonchev–Trinajstić information content (AvgIpc) is 2.85. The molecule has 1 aliphatic heterocycles. The fourth-order valence-corrected chi connectivity index (χ4v) is 4.54. The largest absolute Gasteiger partial charge is 0.497 e. The van der Waals surface area contributed by atoms with Crippen LogP contribution in [0.2, 0.25) is 10.0 Å². The zero-order valence-corrected chi connectivity index (χ0v) is 20.4. The van der Waals surface area contributed by atoms with E-state index in [9.17, 15) is 9.90 Å². The topological polar surface area (TPSA) is 86.7 Å². The molecule has 4 rings (SSSR count). The van der Waals surface area contributed by atoms with Crippen LogP contribution in [0.15, 0.2) is 48.7 Å². The van der Waals surface area contributed by atoms with Gasteiger partial charge in [0.25, 0.3) is 0 Å². The van der Waals surface area contributed by atoms with Gasteiger partial charge in [-0.05, 0) is 74.0 Å². The summed E-state index contributed by atoms with van der Waals surface area (Å²) >= 11 is 11.9. The van der Waals surface area contributed by atoms with Crippen molar-refractivity contribution < 1.29 is 14.6 Å². The number of nitrogens with zero attached hydrogens (tertiary/aromatic N) is 2. The lowest BCUT2D eigenvalue weighted by atomic mass is 10.0. The molecule has 0 aliphatic carbocycles. The van der Waals surface area contributed by atoms with Gasteiger partial charge < -0.3 is 25.4 Å². The summed E-state index contributed by atoms with van der Waals surface area (Å²) in [5.41, 5.74) is 2.30. The molecule has 2 heterocycles. The van der Waals surface area contributed by atoms with Gasteiger partial charge in [0.2, 0.25) is 5.91 Å². The number of rotatable bonds is 8. The summed E-state index contributed by atoms with van der Waals surface area (Å²) in [5.74, 6) is 0.611. The first-order valence-corrected chi connectivity index (χ1v) is 12.0. The van der Waals surface area contributed by atoms with E-state index in [0.717, 1.165) is 48.1 Å². The van der Waals surface area contributed by atoms with Gasteiger partial charge in [0.05, 0.1) is 35.3 Å². The number of hydrogen-bond acceptors (Lipinski definition) is 6. The molecule has 1 aliphatic rings. The summed E-state index contributed by atoms with van der Waals surface area (Å²) in [7, 11) is 1.63. The maximum atomic E-state index is 12.3. The third kappa shape index (κ3) is 6.17. The molecule has 34 heavy (non-hydrogen) atoms. The second-order valence-electron chi connectivity index (χ2n) is 8.43. The third-order valence-corrected chi connectivity index (χ3v) is 6.85. The Morgan fingerprint density at radius 3 is 2.71 bits per heavy atom. The standard InChI is InChI=1S/C25H28Cl2N4O3/c1-34-18-3-5-23-20(13-18)19(6-9-28-23)24(32)15-31-10-7-16(8-11-31)29-14-25(33)30-17-2-4-21(26)22(27)12-17/h2-6,9,12-13,16,24,29,32H,7-8,10-11,14-15H2,1H3,(H,30,33)/t24-/m0/s1. The zero-order valence-electron chi connectivity index (χ0n) is 18.9. The molecule has 0 bridgehead atoms. The van der Waals surface area contributed by atoms with Gasteiger partial charge in [-0.2, -0.15) is 0 Å². The van der Waals surface area contributed by atoms with Gasteiger partial charge in [0.15, 0.2) is 0 Å². The van der Waals surface area contributed by atoms with E-state index in [-0.39, 0.29) is 18.5 Å². The van der Waals surface area contributed by atoms with Crippen molar-refractivity contribution in [1.82, 2.24) is 15.2 Å². The number of amides is 1. The van der Waals surface area contributed by atoms with Crippen LogP contribution in [0.5, 0.6) is 5.75 Å². The van der Waals surface area contributed by atoms with E-state index < -0.39 is 6.10 Å². The Morgan fingerprint density at radius 1 is 1.18 bits per heavy atom. The smallest absolute Gasteiger partial charge is 0.238 e. The van der Waals surface area contributed by atoms with E-state index in [4.69, 9.17) is 27.9 Å². The molecule has 0 radical (unpaired) electrons. The molecule has 2 aromatic carbocycles. The van der Waals surface area contributed by atoms with Crippen molar-refractivity contribution in [3.05, 3.63) is 64.3 Å². The van der Waals surface area contributed by atoms with Gasteiger partial charge >= 0.3 is 0 Å². The van der Waals surface area contributed by atoms with Crippen LogP contribution in [0.25, 0.3) is 10.9 Å². The van der Waals surface area contributed by atoms with Crippen LogP contribution in [0, 0.1) is 0 Å². The van der Waals surface area contributed by atoms with Crippen LogP contribution < -0.4 is 15.4 Å². The number of fused-ring (bicyclic) bond motifs is 1. The highest BCUT2D eigenvalue weighted by Crippen LogP contribution is 2.28. The minimum absolute atomic E-state index is 0.128. The Hall–Kier alpha value is -2.42. The van der Waals surface area contributed by atoms with Gasteiger partial charge in [0, 0.05) is 29.9 Å². The maximum Gasteiger partial charge on any atom is 0.238 e. The molecule has 1 saturated heterocycles. The molecule has 3 N–H and O–H groups in total. The van der Waals surface area contributed by atoms with Crippen molar-refractivity contribution in [2.45, 2.75) is 25.0 Å². The number of pyridine rings is 1. The number of halogens is 2. The van der Waals surface area contributed by atoms with Crippen molar-refractivity contribution >= 4 is 45.7 Å². The molecular weight excluding hydrogens is 475 g/mol. The number of aliphatic hydroxyl groups excluding tert-OH is 1. The first-order chi connectivity index (χ1) is 16.4. The molecule has 3 aromatic rings. The Kier molecular flexibility index (Phi) is 8.24. The van der Waals surface area contributed by atoms with Gasteiger partial charge in [-0.15, -0.1) is 0 Å². The van der Waals surface area contributed by atoms with Gasteiger partial charge in [0.1, 0.15) is 5.75 Å². The van der Waals surface area contributed by atoms with E-state index in [2.05, 4.69) is 20.5 Å². The number of anilines is 1. The normalized spacial score (nSPS) is 15.9. The second kappa shape index (κ2) is 11.3. The summed E-state index contributed by atoms with van der Waals surface area (Å²) in [4.78, 5) is 18.9. The van der Waals surface area contributed by atoms with Crippen LogP contribution in [0.1, 0.15) is 24.5 Å². The van der Waals surface area contributed by atoms with E-state index in [1.165, 1.54) is 0 Å². The van der Waals surface area contributed by atoms with E-state index >= 15 is 0 Å². The minimum Gasteiger partial charge on any atom is -0.497 e. The molecule has 7 nitrogen and oxygen atoms in total. The monoisotopic (exact) mass is 502 g/mol. The molecule has 9 heteroatoms. The van der Waals surface area contributed by atoms with Crippen molar-refractivity contribution in [2.24, 2.45) is 0 Å². The fourth-order valence-electron chi connectivity index (χ4n) is 4.24. The number of piperidine rings is 1. The maximum absolute atomic E-state index is 12.3. The Balaban J connectivity index is 1.25. The number of ether oxygens (including phenoxy) is 1. The fraction of sp³-hybridized carbons (Fsp3) is 0.360. The minimum atomic E-state index is -0.626. The highest BCUT2D eigenvalue weighted by molar-refractivity contribution is 6.42. The number of carbonyl (C=O) groups is 1. The van der Waals surface area contributed by atoms with Gasteiger partial charge in [-0.25, -0.2) is 0 Å². The molecule has 1 atom stereocenters. The average molecular weight is 503 g/mol. The third-order valence-electron chi connectivity index (χ3n) is 6.11. The zero-order chi connectivity index (χ0) is 24.1. The number of benzene rings is 2. The van der Waals surface area contributed by atoms with Crippen LogP contribution in [0.3, 0.4) is 0 Å². The molecule has 180 valence electrons. The molecule has 0 unspecified atom stereocenters. The highest BCUT2D eigenvalue weighted by atomic mass is 35.5. The quantitative estimate of drug-likeness (QED) is 0.426. The number of β-amino-alcohol motifs (C(OH)–C–C–N with tert-alkyl or cyclic N) is 1. The summed E-state index contributed by atoms with van der Waals surface area (Å²) < 4.78 is 5.34. The Bertz CT molecular complexity index is 1150.